The Morgan fingerprint density at radius 3 is 2.68 bits per heavy atom. The van der Waals surface area contributed by atoms with Crippen LogP contribution in [-0.4, -0.2) is 34.8 Å². The molecule has 0 spiro atoms. The minimum Gasteiger partial charge on any atom is -0.481 e. The Hall–Kier alpha value is -2.77. The highest BCUT2D eigenvalue weighted by Crippen LogP contribution is 2.10. The van der Waals surface area contributed by atoms with Crippen LogP contribution in [0.3, 0.4) is 0 Å². The minimum atomic E-state index is -0.895. The van der Waals surface area contributed by atoms with Crippen molar-refractivity contribution in [1.29, 1.82) is 0 Å². The molecule has 0 aliphatic rings. The second kappa shape index (κ2) is 7.30. The van der Waals surface area contributed by atoms with Crippen molar-refractivity contribution in [2.45, 2.75) is 19.4 Å². The number of para-hydroxylation sites is 2. The van der Waals surface area contributed by atoms with E-state index in [1.807, 2.05) is 0 Å². The Kier molecular flexibility index (Phi) is 5.18. The highest BCUT2D eigenvalue weighted by atomic mass is 16.4. The van der Waals surface area contributed by atoms with E-state index in [0.29, 0.717) is 24.1 Å². The Morgan fingerprint density at radius 2 is 1.91 bits per heavy atom. The number of hydrogen-bond acceptors (Lipinski definition) is 4. The van der Waals surface area contributed by atoms with Crippen LogP contribution in [0.25, 0.3) is 11.1 Å². The molecule has 8 heteroatoms. The number of aromatic nitrogens is 1. The molecule has 0 aliphatic carbocycles. The van der Waals surface area contributed by atoms with Gasteiger partial charge in [-0.25, -0.2) is 9.59 Å². The summed E-state index contributed by atoms with van der Waals surface area (Å²) in [6.45, 7) is 0.833. The lowest BCUT2D eigenvalue weighted by Gasteiger charge is -2.07. The van der Waals surface area contributed by atoms with Gasteiger partial charge >= 0.3 is 17.8 Å². The SMILES string of the molecule is O=C(O)CCCNC(=O)NCCn1c(=O)oc2ccccc21. The fourth-order valence-corrected chi connectivity index (χ4v) is 2.01. The van der Waals surface area contributed by atoms with Gasteiger partial charge in [0.2, 0.25) is 0 Å². The second-order valence-corrected chi connectivity index (χ2v) is 4.67. The van der Waals surface area contributed by atoms with Crippen molar-refractivity contribution in [1.82, 2.24) is 15.2 Å². The number of aliphatic carboxylic acids is 1. The summed E-state index contributed by atoms with van der Waals surface area (Å²) >= 11 is 0. The number of carboxylic acids is 1. The molecule has 118 valence electrons. The fraction of sp³-hybridized carbons (Fsp3) is 0.357. The topological polar surface area (TPSA) is 114 Å². The highest BCUT2D eigenvalue weighted by Gasteiger charge is 2.08. The van der Waals surface area contributed by atoms with Crippen molar-refractivity contribution in [2.24, 2.45) is 0 Å². The van der Waals surface area contributed by atoms with E-state index in [0.717, 1.165) is 0 Å². The third-order valence-electron chi connectivity index (χ3n) is 3.05. The number of carbonyl (C=O) groups is 2. The molecule has 0 radical (unpaired) electrons. The zero-order valence-electron chi connectivity index (χ0n) is 11.9. The average Bonchev–Trinajstić information content (AvgIpc) is 2.80. The van der Waals surface area contributed by atoms with Crippen molar-refractivity contribution >= 4 is 23.1 Å². The first-order valence-corrected chi connectivity index (χ1v) is 6.90. The molecule has 0 fully saturated rings. The Morgan fingerprint density at radius 1 is 1.18 bits per heavy atom. The molecule has 22 heavy (non-hydrogen) atoms. The Balaban J connectivity index is 1.78. The maximum Gasteiger partial charge on any atom is 0.420 e. The van der Waals surface area contributed by atoms with Crippen LogP contribution < -0.4 is 16.4 Å². The molecule has 2 aromatic rings. The van der Waals surface area contributed by atoms with Gasteiger partial charge in [0, 0.05) is 26.1 Å². The van der Waals surface area contributed by atoms with Crippen molar-refractivity contribution in [3.8, 4) is 0 Å². The molecule has 2 amide bonds. The zero-order chi connectivity index (χ0) is 15.9. The van der Waals surface area contributed by atoms with E-state index < -0.39 is 17.8 Å². The first kappa shape index (κ1) is 15.6. The fourth-order valence-electron chi connectivity index (χ4n) is 2.01. The summed E-state index contributed by atoms with van der Waals surface area (Å²) < 4.78 is 6.53. The molecule has 0 aliphatic heterocycles. The Bertz CT molecular complexity index is 719. The summed E-state index contributed by atoms with van der Waals surface area (Å²) in [7, 11) is 0. The standard InChI is InChI=1S/C14H17N3O5/c18-12(19)6-3-7-15-13(20)16-8-9-17-10-4-1-2-5-11(10)22-14(17)21/h1-2,4-5H,3,6-9H2,(H,18,19)(H2,15,16,20). The zero-order valence-corrected chi connectivity index (χ0v) is 11.9. The summed E-state index contributed by atoms with van der Waals surface area (Å²) in [5.41, 5.74) is 1.18. The van der Waals surface area contributed by atoms with E-state index in [-0.39, 0.29) is 19.5 Å². The number of nitrogens with one attached hydrogen (secondary N) is 2. The molecular formula is C14H17N3O5. The predicted octanol–water partition coefficient (Wildman–Crippen LogP) is 0.758. The molecule has 0 saturated carbocycles. The van der Waals surface area contributed by atoms with Gasteiger partial charge < -0.3 is 20.2 Å². The molecular weight excluding hydrogens is 290 g/mol. The van der Waals surface area contributed by atoms with Gasteiger partial charge in [-0.15, -0.1) is 0 Å². The first-order chi connectivity index (χ1) is 10.6. The van der Waals surface area contributed by atoms with Crippen LogP contribution in [0.4, 0.5) is 4.79 Å². The van der Waals surface area contributed by atoms with Gasteiger partial charge in [-0.05, 0) is 18.6 Å². The molecule has 0 atom stereocenters. The van der Waals surface area contributed by atoms with E-state index in [1.54, 1.807) is 24.3 Å². The van der Waals surface area contributed by atoms with Gasteiger partial charge in [-0.2, -0.15) is 0 Å². The molecule has 0 saturated heterocycles. The molecule has 3 N–H and O–H groups in total. The van der Waals surface area contributed by atoms with Crippen LogP contribution in [0, 0.1) is 0 Å². The Labute approximate surface area is 125 Å². The van der Waals surface area contributed by atoms with Crippen LogP contribution >= 0.6 is 0 Å². The summed E-state index contributed by atoms with van der Waals surface area (Å²) in [6.07, 6.45) is 0.380. The maximum atomic E-state index is 11.7. The predicted molar refractivity (Wildman–Crippen MR) is 78.7 cm³/mol. The van der Waals surface area contributed by atoms with Crippen molar-refractivity contribution in [2.75, 3.05) is 13.1 Å². The lowest BCUT2D eigenvalue weighted by molar-refractivity contribution is -0.137. The number of rotatable bonds is 7. The maximum absolute atomic E-state index is 11.7. The molecule has 1 aromatic heterocycles. The molecule has 1 heterocycles. The average molecular weight is 307 g/mol. The van der Waals surface area contributed by atoms with Gasteiger partial charge in [0.1, 0.15) is 0 Å². The van der Waals surface area contributed by atoms with Gasteiger partial charge in [-0.1, -0.05) is 12.1 Å². The lowest BCUT2D eigenvalue weighted by atomic mass is 10.3. The summed E-state index contributed by atoms with van der Waals surface area (Å²) in [6, 6.07) is 6.66. The summed E-state index contributed by atoms with van der Waals surface area (Å²) in [5.74, 6) is -1.36. The number of fused-ring (bicyclic) bond motifs is 1. The van der Waals surface area contributed by atoms with Crippen LogP contribution in [0.2, 0.25) is 0 Å². The number of amides is 2. The lowest BCUT2D eigenvalue weighted by Crippen LogP contribution is -2.38. The smallest absolute Gasteiger partial charge is 0.420 e. The van der Waals surface area contributed by atoms with Gasteiger partial charge in [0.25, 0.3) is 0 Å². The number of oxazole rings is 1. The molecule has 8 nitrogen and oxygen atoms in total. The van der Waals surface area contributed by atoms with Crippen LogP contribution in [0.5, 0.6) is 0 Å². The highest BCUT2D eigenvalue weighted by molar-refractivity contribution is 5.74. The van der Waals surface area contributed by atoms with Gasteiger partial charge in [0.05, 0.1) is 5.52 Å². The third kappa shape index (κ3) is 4.11. The number of hydrogen-bond donors (Lipinski definition) is 3. The van der Waals surface area contributed by atoms with Crippen LogP contribution in [0.1, 0.15) is 12.8 Å². The van der Waals surface area contributed by atoms with Crippen molar-refractivity contribution in [3.63, 3.8) is 0 Å². The second-order valence-electron chi connectivity index (χ2n) is 4.67. The normalized spacial score (nSPS) is 10.5. The quantitative estimate of drug-likeness (QED) is 0.653. The molecule has 0 bridgehead atoms. The number of benzene rings is 1. The van der Waals surface area contributed by atoms with Crippen LogP contribution in [-0.2, 0) is 11.3 Å². The monoisotopic (exact) mass is 307 g/mol. The minimum absolute atomic E-state index is 0.0106. The van der Waals surface area contributed by atoms with E-state index in [4.69, 9.17) is 9.52 Å². The molecule has 0 unspecified atom stereocenters. The van der Waals surface area contributed by atoms with E-state index in [1.165, 1.54) is 4.57 Å². The van der Waals surface area contributed by atoms with Crippen molar-refractivity contribution in [3.05, 3.63) is 34.8 Å². The van der Waals surface area contributed by atoms with Crippen LogP contribution in [0.15, 0.2) is 33.5 Å². The van der Waals surface area contributed by atoms with Gasteiger partial charge in [0.15, 0.2) is 5.58 Å². The summed E-state index contributed by atoms with van der Waals surface area (Å²) in [4.78, 5) is 33.5. The molecule has 2 rings (SSSR count). The van der Waals surface area contributed by atoms with Crippen molar-refractivity contribution < 1.29 is 19.1 Å². The molecule has 1 aromatic carbocycles. The largest absolute Gasteiger partial charge is 0.481 e. The van der Waals surface area contributed by atoms with Gasteiger partial charge in [-0.3, -0.25) is 9.36 Å². The first-order valence-electron chi connectivity index (χ1n) is 6.90. The van der Waals surface area contributed by atoms with E-state index in [2.05, 4.69) is 10.6 Å². The van der Waals surface area contributed by atoms with E-state index in [9.17, 15) is 14.4 Å². The van der Waals surface area contributed by atoms with E-state index >= 15 is 0 Å². The number of carbonyl (C=O) groups excluding carboxylic acids is 1. The number of urea groups is 1. The summed E-state index contributed by atoms with van der Waals surface area (Å²) in [5, 5.41) is 13.6. The third-order valence-corrected chi connectivity index (χ3v) is 3.05. The number of carboxylic acid groups (broad SMARTS) is 1. The number of nitrogens with zero attached hydrogens (tertiary/aromatic N) is 1.